The minimum atomic E-state index is 0.929. The standard InChI is InChI=1S/C20H31N5/c1-17-6-8-23(9-7-17)10-11-24-12-14-25(15-13-24)16-20-21-18-4-2-3-5-19(18)22-20/h2-5,17H,6-16H2,1H3,(H,21,22). The predicted molar refractivity (Wildman–Crippen MR) is 103 cm³/mol. The van der Waals surface area contributed by atoms with E-state index in [-0.39, 0.29) is 0 Å². The fraction of sp³-hybridized carbons (Fsp3) is 0.650. The van der Waals surface area contributed by atoms with Gasteiger partial charge in [0.25, 0.3) is 0 Å². The smallest absolute Gasteiger partial charge is 0.121 e. The predicted octanol–water partition coefficient (Wildman–Crippen LogP) is 2.41. The molecule has 25 heavy (non-hydrogen) atoms. The first-order valence-electron chi connectivity index (χ1n) is 9.87. The molecule has 0 bridgehead atoms. The molecular formula is C20H31N5. The molecule has 2 aliphatic heterocycles. The monoisotopic (exact) mass is 341 g/mol. The van der Waals surface area contributed by atoms with Crippen LogP contribution in [-0.4, -0.2) is 77.0 Å². The Hall–Kier alpha value is -1.43. The van der Waals surface area contributed by atoms with Crippen LogP contribution in [0.5, 0.6) is 0 Å². The van der Waals surface area contributed by atoms with Gasteiger partial charge in [0.05, 0.1) is 17.6 Å². The number of nitrogens with zero attached hydrogens (tertiary/aromatic N) is 4. The summed E-state index contributed by atoms with van der Waals surface area (Å²) in [6, 6.07) is 8.29. The Morgan fingerprint density at radius 3 is 2.28 bits per heavy atom. The summed E-state index contributed by atoms with van der Waals surface area (Å²) < 4.78 is 0. The molecule has 0 atom stereocenters. The molecular weight excluding hydrogens is 310 g/mol. The number of hydrogen-bond donors (Lipinski definition) is 1. The van der Waals surface area contributed by atoms with Crippen molar-refractivity contribution >= 4 is 11.0 Å². The van der Waals surface area contributed by atoms with Crippen molar-refractivity contribution in [2.75, 3.05) is 52.4 Å². The van der Waals surface area contributed by atoms with Gasteiger partial charge < -0.3 is 9.88 Å². The summed E-state index contributed by atoms with van der Waals surface area (Å²) in [4.78, 5) is 16.0. The van der Waals surface area contributed by atoms with Gasteiger partial charge in [-0.1, -0.05) is 19.1 Å². The molecule has 0 radical (unpaired) electrons. The highest BCUT2D eigenvalue weighted by Crippen LogP contribution is 2.16. The Labute approximate surface area is 151 Å². The summed E-state index contributed by atoms with van der Waals surface area (Å²) in [6.45, 7) is 13.1. The fourth-order valence-electron chi connectivity index (χ4n) is 4.03. The molecule has 136 valence electrons. The van der Waals surface area contributed by atoms with Gasteiger partial charge in [-0.15, -0.1) is 0 Å². The van der Waals surface area contributed by atoms with Crippen molar-refractivity contribution < 1.29 is 0 Å². The van der Waals surface area contributed by atoms with Gasteiger partial charge in [-0.3, -0.25) is 9.80 Å². The topological polar surface area (TPSA) is 38.4 Å². The van der Waals surface area contributed by atoms with Crippen LogP contribution in [0.25, 0.3) is 11.0 Å². The van der Waals surface area contributed by atoms with Gasteiger partial charge in [-0.2, -0.15) is 0 Å². The minimum absolute atomic E-state index is 0.929. The molecule has 0 spiro atoms. The highest BCUT2D eigenvalue weighted by Gasteiger charge is 2.20. The van der Waals surface area contributed by atoms with Crippen molar-refractivity contribution in [3.63, 3.8) is 0 Å². The van der Waals surface area contributed by atoms with Crippen molar-refractivity contribution in [1.82, 2.24) is 24.7 Å². The Morgan fingerprint density at radius 1 is 0.920 bits per heavy atom. The molecule has 3 heterocycles. The second-order valence-electron chi connectivity index (χ2n) is 7.84. The number of benzene rings is 1. The zero-order chi connectivity index (χ0) is 17.1. The van der Waals surface area contributed by atoms with Crippen LogP contribution in [0, 0.1) is 5.92 Å². The second kappa shape index (κ2) is 7.85. The zero-order valence-electron chi connectivity index (χ0n) is 15.5. The first-order valence-corrected chi connectivity index (χ1v) is 9.87. The van der Waals surface area contributed by atoms with Crippen LogP contribution in [-0.2, 0) is 6.54 Å². The number of H-pyrrole nitrogens is 1. The minimum Gasteiger partial charge on any atom is -0.341 e. The van der Waals surface area contributed by atoms with Gasteiger partial charge >= 0.3 is 0 Å². The highest BCUT2D eigenvalue weighted by molar-refractivity contribution is 5.74. The van der Waals surface area contributed by atoms with Crippen LogP contribution >= 0.6 is 0 Å². The molecule has 0 aliphatic carbocycles. The van der Waals surface area contributed by atoms with Crippen molar-refractivity contribution in [2.45, 2.75) is 26.3 Å². The van der Waals surface area contributed by atoms with Crippen LogP contribution in [0.3, 0.4) is 0 Å². The molecule has 2 fully saturated rings. The summed E-state index contributed by atoms with van der Waals surface area (Å²) in [5.41, 5.74) is 2.22. The molecule has 1 aromatic carbocycles. The fourth-order valence-corrected chi connectivity index (χ4v) is 4.03. The highest BCUT2D eigenvalue weighted by atomic mass is 15.3. The molecule has 2 aliphatic rings. The molecule has 4 rings (SSSR count). The Morgan fingerprint density at radius 2 is 1.56 bits per heavy atom. The number of aromatic nitrogens is 2. The summed E-state index contributed by atoms with van der Waals surface area (Å²) in [5.74, 6) is 2.02. The zero-order valence-corrected chi connectivity index (χ0v) is 15.5. The number of nitrogens with one attached hydrogen (secondary N) is 1. The van der Waals surface area contributed by atoms with Crippen molar-refractivity contribution in [3.05, 3.63) is 30.1 Å². The van der Waals surface area contributed by atoms with Crippen LogP contribution in [0.15, 0.2) is 24.3 Å². The maximum Gasteiger partial charge on any atom is 0.121 e. The van der Waals surface area contributed by atoms with Crippen LogP contribution < -0.4 is 0 Å². The van der Waals surface area contributed by atoms with E-state index < -0.39 is 0 Å². The third-order valence-corrected chi connectivity index (χ3v) is 5.89. The van der Waals surface area contributed by atoms with E-state index in [1.54, 1.807) is 0 Å². The number of likely N-dealkylation sites (tertiary alicyclic amines) is 1. The van der Waals surface area contributed by atoms with Gasteiger partial charge in [0.2, 0.25) is 0 Å². The maximum absolute atomic E-state index is 4.71. The lowest BCUT2D eigenvalue weighted by atomic mass is 9.99. The average molecular weight is 342 g/mol. The molecule has 1 aromatic heterocycles. The lowest BCUT2D eigenvalue weighted by Gasteiger charge is -2.36. The molecule has 2 saturated heterocycles. The van der Waals surface area contributed by atoms with E-state index in [2.05, 4.69) is 50.9 Å². The number of aromatic amines is 1. The molecule has 0 saturated carbocycles. The normalized spacial score (nSPS) is 22.0. The maximum atomic E-state index is 4.71. The van der Waals surface area contributed by atoms with E-state index in [1.165, 1.54) is 52.1 Å². The van der Waals surface area contributed by atoms with E-state index in [9.17, 15) is 0 Å². The summed E-state index contributed by atoms with van der Waals surface area (Å²) in [5, 5.41) is 0. The lowest BCUT2D eigenvalue weighted by Crippen LogP contribution is -2.48. The summed E-state index contributed by atoms with van der Waals surface area (Å²) in [7, 11) is 0. The number of para-hydroxylation sites is 2. The van der Waals surface area contributed by atoms with E-state index in [1.807, 2.05) is 0 Å². The molecule has 2 aromatic rings. The Balaban J connectivity index is 1.20. The van der Waals surface area contributed by atoms with E-state index >= 15 is 0 Å². The second-order valence-corrected chi connectivity index (χ2v) is 7.84. The first-order chi connectivity index (χ1) is 12.3. The largest absolute Gasteiger partial charge is 0.341 e. The molecule has 0 amide bonds. The Bertz CT molecular complexity index is 633. The van der Waals surface area contributed by atoms with E-state index in [0.29, 0.717) is 0 Å². The third-order valence-electron chi connectivity index (χ3n) is 5.89. The van der Waals surface area contributed by atoms with Crippen molar-refractivity contribution in [1.29, 1.82) is 0 Å². The number of rotatable bonds is 5. The average Bonchev–Trinajstić information content (AvgIpc) is 3.05. The first kappa shape index (κ1) is 17.0. The quantitative estimate of drug-likeness (QED) is 0.906. The molecule has 5 nitrogen and oxygen atoms in total. The van der Waals surface area contributed by atoms with E-state index in [4.69, 9.17) is 4.98 Å². The van der Waals surface area contributed by atoms with Crippen molar-refractivity contribution in [2.24, 2.45) is 5.92 Å². The van der Waals surface area contributed by atoms with Gasteiger partial charge in [0, 0.05) is 39.3 Å². The summed E-state index contributed by atoms with van der Waals surface area (Å²) in [6.07, 6.45) is 2.76. The molecule has 0 unspecified atom stereocenters. The van der Waals surface area contributed by atoms with Gasteiger partial charge in [-0.05, 0) is 44.0 Å². The molecule has 1 N–H and O–H groups in total. The van der Waals surface area contributed by atoms with E-state index in [0.717, 1.165) is 42.4 Å². The number of piperazine rings is 1. The number of hydrogen-bond acceptors (Lipinski definition) is 4. The van der Waals surface area contributed by atoms with Crippen LogP contribution in [0.1, 0.15) is 25.6 Å². The van der Waals surface area contributed by atoms with Gasteiger partial charge in [0.1, 0.15) is 5.82 Å². The number of piperidine rings is 1. The van der Waals surface area contributed by atoms with Crippen LogP contribution in [0.2, 0.25) is 0 Å². The van der Waals surface area contributed by atoms with Gasteiger partial charge in [-0.25, -0.2) is 4.98 Å². The number of fused-ring (bicyclic) bond motifs is 1. The molecule has 5 heteroatoms. The number of imidazole rings is 1. The van der Waals surface area contributed by atoms with Crippen molar-refractivity contribution in [3.8, 4) is 0 Å². The van der Waals surface area contributed by atoms with Gasteiger partial charge in [0.15, 0.2) is 0 Å². The third kappa shape index (κ3) is 4.40. The Kier molecular flexibility index (Phi) is 5.34. The SMILES string of the molecule is CC1CCN(CCN2CCN(Cc3nc4ccccc4[nH]3)CC2)CC1. The van der Waals surface area contributed by atoms with Crippen LogP contribution in [0.4, 0.5) is 0 Å². The summed E-state index contributed by atoms with van der Waals surface area (Å²) >= 11 is 0. The lowest BCUT2D eigenvalue weighted by molar-refractivity contribution is 0.104.